The molecule has 5 nitrogen and oxygen atoms in total. The summed E-state index contributed by atoms with van der Waals surface area (Å²) in [5.74, 6) is 0.403. The van der Waals surface area contributed by atoms with E-state index in [1.807, 2.05) is 37.5 Å². The van der Waals surface area contributed by atoms with Crippen molar-refractivity contribution >= 4 is 29.3 Å². The summed E-state index contributed by atoms with van der Waals surface area (Å²) in [6.45, 7) is 2.65. The van der Waals surface area contributed by atoms with Crippen molar-refractivity contribution in [1.29, 1.82) is 0 Å². The minimum Gasteiger partial charge on any atom is -0.371 e. The smallest absolute Gasteiger partial charge is 0.244 e. The first-order valence-electron chi connectivity index (χ1n) is 8.05. The van der Waals surface area contributed by atoms with Gasteiger partial charge >= 0.3 is 0 Å². The van der Waals surface area contributed by atoms with Crippen molar-refractivity contribution in [2.45, 2.75) is 6.42 Å². The summed E-state index contributed by atoms with van der Waals surface area (Å²) < 4.78 is 1.71. The van der Waals surface area contributed by atoms with Crippen LogP contribution in [0.25, 0.3) is 6.08 Å². The number of hydrogen-bond donors (Lipinski definition) is 1. The first-order valence-corrected chi connectivity index (χ1v) is 8.43. The monoisotopic (exact) mass is 344 g/mol. The molecule has 1 aromatic carbocycles. The van der Waals surface area contributed by atoms with Gasteiger partial charge in [0.15, 0.2) is 0 Å². The molecule has 3 rings (SSSR count). The van der Waals surface area contributed by atoms with Gasteiger partial charge < -0.3 is 10.2 Å². The third kappa shape index (κ3) is 4.38. The van der Waals surface area contributed by atoms with Crippen LogP contribution in [-0.4, -0.2) is 35.3 Å². The minimum absolute atomic E-state index is 0.0659. The fourth-order valence-electron chi connectivity index (χ4n) is 2.89. The Balaban J connectivity index is 1.45. The van der Waals surface area contributed by atoms with Gasteiger partial charge in [0.1, 0.15) is 0 Å². The molecule has 1 amide bonds. The summed E-state index contributed by atoms with van der Waals surface area (Å²) >= 11 is 5.93. The van der Waals surface area contributed by atoms with Crippen LogP contribution in [0.2, 0.25) is 5.02 Å². The predicted octanol–water partition coefficient (Wildman–Crippen LogP) is 2.73. The molecule has 1 unspecified atom stereocenters. The van der Waals surface area contributed by atoms with Crippen LogP contribution in [0, 0.1) is 5.92 Å². The summed E-state index contributed by atoms with van der Waals surface area (Å²) in [7, 11) is 1.85. The second-order valence-corrected chi connectivity index (χ2v) is 6.54. The molecule has 126 valence electrons. The van der Waals surface area contributed by atoms with E-state index in [9.17, 15) is 4.79 Å². The molecule has 1 aliphatic rings. The third-order valence-corrected chi connectivity index (χ3v) is 4.45. The van der Waals surface area contributed by atoms with Gasteiger partial charge in [-0.05, 0) is 42.7 Å². The Morgan fingerprint density at radius 2 is 2.21 bits per heavy atom. The molecule has 0 spiro atoms. The normalized spacial score (nSPS) is 17.6. The van der Waals surface area contributed by atoms with E-state index in [4.69, 9.17) is 11.6 Å². The molecule has 0 bridgehead atoms. The number of rotatable bonds is 5. The van der Waals surface area contributed by atoms with Crippen LogP contribution in [0.5, 0.6) is 0 Å². The molecular weight excluding hydrogens is 324 g/mol. The molecule has 0 radical (unpaired) electrons. The SMILES string of the molecule is Cn1cc(/C=C/C(=O)NCC2CCN(c3ccc(Cl)cc3)C2)cn1. The summed E-state index contributed by atoms with van der Waals surface area (Å²) in [4.78, 5) is 14.2. The van der Waals surface area contributed by atoms with Gasteiger partial charge in [0.25, 0.3) is 0 Å². The van der Waals surface area contributed by atoms with Gasteiger partial charge in [0, 0.05) is 55.2 Å². The van der Waals surface area contributed by atoms with E-state index >= 15 is 0 Å². The van der Waals surface area contributed by atoms with Gasteiger partial charge in [0.2, 0.25) is 5.91 Å². The van der Waals surface area contributed by atoms with Gasteiger partial charge in [-0.3, -0.25) is 9.48 Å². The lowest BCUT2D eigenvalue weighted by molar-refractivity contribution is -0.116. The van der Waals surface area contributed by atoms with Crippen LogP contribution in [0.4, 0.5) is 5.69 Å². The van der Waals surface area contributed by atoms with Crippen LogP contribution >= 0.6 is 11.6 Å². The quantitative estimate of drug-likeness (QED) is 0.848. The molecule has 1 saturated heterocycles. The standard InChI is InChI=1S/C18H21ClN4O/c1-22-12-14(11-21-22)2-7-18(24)20-10-15-8-9-23(13-15)17-5-3-16(19)4-6-17/h2-7,11-12,15H,8-10,13H2,1H3,(H,20,24)/b7-2+. The number of anilines is 1. The number of nitrogens with one attached hydrogen (secondary N) is 1. The molecule has 1 aromatic heterocycles. The zero-order chi connectivity index (χ0) is 16.9. The zero-order valence-corrected chi connectivity index (χ0v) is 14.4. The second-order valence-electron chi connectivity index (χ2n) is 6.10. The van der Waals surface area contributed by atoms with Gasteiger partial charge in [-0.15, -0.1) is 0 Å². The Morgan fingerprint density at radius 1 is 1.42 bits per heavy atom. The highest BCUT2D eigenvalue weighted by Gasteiger charge is 2.22. The molecule has 6 heteroatoms. The van der Waals surface area contributed by atoms with E-state index < -0.39 is 0 Å². The largest absolute Gasteiger partial charge is 0.371 e. The Hall–Kier alpha value is -2.27. The summed E-state index contributed by atoms with van der Waals surface area (Å²) in [6.07, 6.45) is 8.00. The number of hydrogen-bond acceptors (Lipinski definition) is 3. The maximum atomic E-state index is 11.9. The number of benzene rings is 1. The van der Waals surface area contributed by atoms with Crippen molar-refractivity contribution < 1.29 is 4.79 Å². The molecule has 2 aromatic rings. The second kappa shape index (κ2) is 7.53. The van der Waals surface area contributed by atoms with E-state index in [1.165, 1.54) is 5.69 Å². The summed E-state index contributed by atoms with van der Waals surface area (Å²) in [6, 6.07) is 7.91. The molecule has 1 aliphatic heterocycles. The number of aromatic nitrogens is 2. The van der Waals surface area contributed by atoms with Crippen LogP contribution in [0.1, 0.15) is 12.0 Å². The molecular formula is C18H21ClN4O. The highest BCUT2D eigenvalue weighted by Crippen LogP contribution is 2.24. The number of halogens is 1. The topological polar surface area (TPSA) is 50.2 Å². The fraction of sp³-hybridized carbons (Fsp3) is 0.333. The zero-order valence-electron chi connectivity index (χ0n) is 13.7. The lowest BCUT2D eigenvalue weighted by Crippen LogP contribution is -2.29. The molecule has 24 heavy (non-hydrogen) atoms. The maximum absolute atomic E-state index is 11.9. The van der Waals surface area contributed by atoms with Crippen molar-refractivity contribution in [3.05, 3.63) is 53.3 Å². The molecule has 0 saturated carbocycles. The van der Waals surface area contributed by atoms with Crippen molar-refractivity contribution in [3.8, 4) is 0 Å². The highest BCUT2D eigenvalue weighted by atomic mass is 35.5. The van der Waals surface area contributed by atoms with Crippen molar-refractivity contribution in [3.63, 3.8) is 0 Å². The van der Waals surface area contributed by atoms with Gasteiger partial charge in [-0.2, -0.15) is 5.10 Å². The lowest BCUT2D eigenvalue weighted by Gasteiger charge is -2.18. The Labute approximate surface area is 146 Å². The number of nitrogens with zero attached hydrogens (tertiary/aromatic N) is 3. The third-order valence-electron chi connectivity index (χ3n) is 4.19. The lowest BCUT2D eigenvalue weighted by atomic mass is 10.1. The van der Waals surface area contributed by atoms with E-state index in [1.54, 1.807) is 23.0 Å². The Morgan fingerprint density at radius 3 is 2.92 bits per heavy atom. The van der Waals surface area contributed by atoms with Crippen LogP contribution in [0.3, 0.4) is 0 Å². The molecule has 0 aliphatic carbocycles. The molecule has 2 heterocycles. The van der Waals surface area contributed by atoms with Crippen LogP contribution in [0.15, 0.2) is 42.7 Å². The highest BCUT2D eigenvalue weighted by molar-refractivity contribution is 6.30. The average molecular weight is 345 g/mol. The van der Waals surface area contributed by atoms with Gasteiger partial charge in [0.05, 0.1) is 6.20 Å². The van der Waals surface area contributed by atoms with E-state index in [0.29, 0.717) is 12.5 Å². The summed E-state index contributed by atoms with van der Waals surface area (Å²) in [5.41, 5.74) is 2.10. The Bertz CT molecular complexity index is 723. The first-order chi connectivity index (χ1) is 11.6. The van der Waals surface area contributed by atoms with Gasteiger partial charge in [-0.25, -0.2) is 0 Å². The van der Waals surface area contributed by atoms with Crippen molar-refractivity contribution in [2.24, 2.45) is 13.0 Å². The number of carbonyl (C=O) groups excluding carboxylic acids is 1. The Kier molecular flexibility index (Phi) is 5.20. The van der Waals surface area contributed by atoms with Crippen LogP contribution < -0.4 is 10.2 Å². The number of carbonyl (C=O) groups is 1. The predicted molar refractivity (Wildman–Crippen MR) is 97.0 cm³/mol. The average Bonchev–Trinajstić information content (AvgIpc) is 3.21. The van der Waals surface area contributed by atoms with E-state index in [-0.39, 0.29) is 5.91 Å². The van der Waals surface area contributed by atoms with E-state index in [0.717, 1.165) is 30.1 Å². The van der Waals surface area contributed by atoms with Gasteiger partial charge in [-0.1, -0.05) is 11.6 Å². The first kappa shape index (κ1) is 16.6. The van der Waals surface area contributed by atoms with Crippen molar-refractivity contribution in [2.75, 3.05) is 24.5 Å². The fourth-order valence-corrected chi connectivity index (χ4v) is 3.01. The number of aryl methyl sites for hydroxylation is 1. The molecule has 1 N–H and O–H groups in total. The molecule has 1 atom stereocenters. The minimum atomic E-state index is -0.0659. The van der Waals surface area contributed by atoms with Crippen LogP contribution in [-0.2, 0) is 11.8 Å². The molecule has 1 fully saturated rings. The van der Waals surface area contributed by atoms with E-state index in [2.05, 4.69) is 15.3 Å². The number of amides is 1. The summed E-state index contributed by atoms with van der Waals surface area (Å²) in [5, 5.41) is 7.80. The van der Waals surface area contributed by atoms with Crippen molar-refractivity contribution in [1.82, 2.24) is 15.1 Å². The maximum Gasteiger partial charge on any atom is 0.244 e.